The second-order valence-corrected chi connectivity index (χ2v) is 5.10. The first-order valence-corrected chi connectivity index (χ1v) is 7.52. The molecule has 3 aromatic rings. The summed E-state index contributed by atoms with van der Waals surface area (Å²) in [4.78, 5) is 23.8. The summed E-state index contributed by atoms with van der Waals surface area (Å²) in [5.41, 5.74) is 0.804. The van der Waals surface area contributed by atoms with Crippen LogP contribution < -0.4 is 5.32 Å². The maximum Gasteiger partial charge on any atom is 0.360 e. The lowest BCUT2D eigenvalue weighted by Gasteiger charge is -2.08. The van der Waals surface area contributed by atoms with Gasteiger partial charge in [-0.15, -0.1) is 5.10 Å². The average Bonchev–Trinajstić information content (AvgIpc) is 3.04. The van der Waals surface area contributed by atoms with Gasteiger partial charge in [0.05, 0.1) is 12.8 Å². The van der Waals surface area contributed by atoms with Crippen molar-refractivity contribution >= 4 is 28.3 Å². The van der Waals surface area contributed by atoms with E-state index >= 15 is 0 Å². The first-order valence-electron chi connectivity index (χ1n) is 7.52. The number of fused-ring (bicyclic) bond motifs is 1. The molecular weight excluding hydrogens is 308 g/mol. The number of ether oxygens (including phenoxy) is 1. The van der Waals surface area contributed by atoms with Gasteiger partial charge in [0.15, 0.2) is 5.69 Å². The smallest absolute Gasteiger partial charge is 0.360 e. The Morgan fingerprint density at radius 1 is 1.17 bits per heavy atom. The fourth-order valence-electron chi connectivity index (χ4n) is 2.35. The molecule has 7 heteroatoms. The number of nitrogens with one attached hydrogen (secondary N) is 1. The van der Waals surface area contributed by atoms with Gasteiger partial charge in [-0.3, -0.25) is 4.79 Å². The van der Waals surface area contributed by atoms with E-state index in [1.54, 1.807) is 6.92 Å². The van der Waals surface area contributed by atoms with Crippen molar-refractivity contribution in [1.82, 2.24) is 15.0 Å². The van der Waals surface area contributed by atoms with Crippen molar-refractivity contribution in [3.8, 4) is 0 Å². The van der Waals surface area contributed by atoms with Gasteiger partial charge in [-0.25, -0.2) is 9.48 Å². The summed E-state index contributed by atoms with van der Waals surface area (Å²) in [5.74, 6) is -0.815. The minimum atomic E-state index is -0.557. The second kappa shape index (κ2) is 6.91. The number of anilines is 1. The topological polar surface area (TPSA) is 86.1 Å². The fourth-order valence-corrected chi connectivity index (χ4v) is 2.35. The van der Waals surface area contributed by atoms with E-state index < -0.39 is 5.97 Å². The zero-order valence-corrected chi connectivity index (χ0v) is 13.1. The molecule has 0 aliphatic heterocycles. The summed E-state index contributed by atoms with van der Waals surface area (Å²) in [6, 6.07) is 13.5. The minimum Gasteiger partial charge on any atom is -0.461 e. The molecule has 0 aliphatic carbocycles. The van der Waals surface area contributed by atoms with Crippen LogP contribution in [0.15, 0.2) is 48.7 Å². The van der Waals surface area contributed by atoms with Crippen LogP contribution in [0.5, 0.6) is 0 Å². The lowest BCUT2D eigenvalue weighted by Crippen LogP contribution is -2.19. The summed E-state index contributed by atoms with van der Waals surface area (Å²) < 4.78 is 6.13. The van der Waals surface area contributed by atoms with Crippen LogP contribution in [0.25, 0.3) is 10.8 Å². The predicted octanol–water partition coefficient (Wildman–Crippen LogP) is 2.25. The third-order valence-corrected chi connectivity index (χ3v) is 3.39. The highest BCUT2D eigenvalue weighted by Crippen LogP contribution is 2.22. The van der Waals surface area contributed by atoms with E-state index in [2.05, 4.69) is 15.6 Å². The molecule has 0 fully saturated rings. The first-order chi connectivity index (χ1) is 11.7. The predicted molar refractivity (Wildman–Crippen MR) is 88.6 cm³/mol. The maximum absolute atomic E-state index is 12.2. The normalized spacial score (nSPS) is 10.5. The quantitative estimate of drug-likeness (QED) is 0.727. The monoisotopic (exact) mass is 324 g/mol. The summed E-state index contributed by atoms with van der Waals surface area (Å²) in [6.07, 6.45) is 1.39. The number of hydrogen-bond acceptors (Lipinski definition) is 5. The van der Waals surface area contributed by atoms with E-state index in [1.165, 1.54) is 10.9 Å². The van der Waals surface area contributed by atoms with Crippen LogP contribution in [0, 0.1) is 0 Å². The van der Waals surface area contributed by atoms with Gasteiger partial charge in [0, 0.05) is 11.1 Å². The van der Waals surface area contributed by atoms with Crippen LogP contribution in [0.3, 0.4) is 0 Å². The van der Waals surface area contributed by atoms with Crippen molar-refractivity contribution in [3.05, 3.63) is 54.4 Å². The molecule has 0 bridgehead atoms. The lowest BCUT2D eigenvalue weighted by molar-refractivity contribution is -0.116. The molecule has 0 atom stereocenters. The zero-order valence-electron chi connectivity index (χ0n) is 13.1. The largest absolute Gasteiger partial charge is 0.461 e. The summed E-state index contributed by atoms with van der Waals surface area (Å²) in [7, 11) is 0. The second-order valence-electron chi connectivity index (χ2n) is 5.10. The molecule has 0 radical (unpaired) electrons. The molecule has 2 aromatic carbocycles. The molecule has 122 valence electrons. The van der Waals surface area contributed by atoms with E-state index in [1.807, 2.05) is 42.5 Å². The standard InChI is InChI=1S/C17H16N4O3/c1-2-24-17(23)15-10-21(20-19-15)11-16(22)18-14-9-5-7-12-6-3-4-8-13(12)14/h3-10H,2,11H2,1H3,(H,18,22). The van der Waals surface area contributed by atoms with Crippen LogP contribution in [0.2, 0.25) is 0 Å². The molecule has 7 nitrogen and oxygen atoms in total. The molecule has 0 saturated carbocycles. The summed E-state index contributed by atoms with van der Waals surface area (Å²) >= 11 is 0. The minimum absolute atomic E-state index is 0.0460. The molecule has 24 heavy (non-hydrogen) atoms. The highest BCUT2D eigenvalue weighted by atomic mass is 16.5. The Balaban J connectivity index is 1.70. The van der Waals surface area contributed by atoms with Gasteiger partial charge in [0.2, 0.25) is 5.91 Å². The SMILES string of the molecule is CCOC(=O)c1cn(CC(=O)Nc2cccc3ccccc23)nn1. The van der Waals surface area contributed by atoms with Gasteiger partial charge in [-0.05, 0) is 18.4 Å². The Bertz CT molecular complexity index is 883. The van der Waals surface area contributed by atoms with Gasteiger partial charge in [-0.2, -0.15) is 0 Å². The zero-order chi connectivity index (χ0) is 16.9. The van der Waals surface area contributed by atoms with Crippen LogP contribution in [-0.4, -0.2) is 33.5 Å². The third-order valence-electron chi connectivity index (χ3n) is 3.39. The van der Waals surface area contributed by atoms with Gasteiger partial charge < -0.3 is 10.1 Å². The van der Waals surface area contributed by atoms with Crippen LogP contribution >= 0.6 is 0 Å². The highest BCUT2D eigenvalue weighted by molar-refractivity contribution is 6.02. The van der Waals surface area contributed by atoms with Gasteiger partial charge in [-0.1, -0.05) is 41.6 Å². The van der Waals surface area contributed by atoms with E-state index in [4.69, 9.17) is 4.74 Å². The van der Waals surface area contributed by atoms with Crippen molar-refractivity contribution in [3.63, 3.8) is 0 Å². The van der Waals surface area contributed by atoms with Crippen molar-refractivity contribution < 1.29 is 14.3 Å². The molecule has 0 spiro atoms. The number of esters is 1. The molecule has 1 amide bonds. The van der Waals surface area contributed by atoms with E-state index in [0.717, 1.165) is 16.5 Å². The van der Waals surface area contributed by atoms with Gasteiger partial charge in [0.25, 0.3) is 0 Å². The van der Waals surface area contributed by atoms with Crippen molar-refractivity contribution in [2.24, 2.45) is 0 Å². The number of nitrogens with zero attached hydrogens (tertiary/aromatic N) is 3. The van der Waals surface area contributed by atoms with Crippen LogP contribution in [-0.2, 0) is 16.1 Å². The van der Waals surface area contributed by atoms with Crippen molar-refractivity contribution in [2.45, 2.75) is 13.5 Å². The van der Waals surface area contributed by atoms with Gasteiger partial charge >= 0.3 is 5.97 Å². The Labute approximate surface area is 138 Å². The average molecular weight is 324 g/mol. The number of benzene rings is 2. The number of hydrogen-bond donors (Lipinski definition) is 1. The number of amides is 1. The lowest BCUT2D eigenvalue weighted by atomic mass is 10.1. The Hall–Kier alpha value is -3.22. The third kappa shape index (κ3) is 3.40. The number of carbonyl (C=O) groups is 2. The van der Waals surface area contributed by atoms with Crippen LogP contribution in [0.4, 0.5) is 5.69 Å². The summed E-state index contributed by atoms with van der Waals surface area (Å²) in [5, 5.41) is 12.3. The Morgan fingerprint density at radius 3 is 2.79 bits per heavy atom. The molecule has 0 saturated heterocycles. The molecule has 1 heterocycles. The highest BCUT2D eigenvalue weighted by Gasteiger charge is 2.13. The van der Waals surface area contributed by atoms with E-state index in [9.17, 15) is 9.59 Å². The molecular formula is C17H16N4O3. The van der Waals surface area contributed by atoms with Gasteiger partial charge in [0.1, 0.15) is 6.54 Å². The molecule has 1 aromatic heterocycles. The maximum atomic E-state index is 12.2. The van der Waals surface area contributed by atoms with Crippen LogP contribution in [0.1, 0.15) is 17.4 Å². The fraction of sp³-hybridized carbons (Fsp3) is 0.176. The number of carbonyl (C=O) groups excluding carboxylic acids is 2. The van der Waals surface area contributed by atoms with Crippen molar-refractivity contribution in [2.75, 3.05) is 11.9 Å². The molecule has 3 rings (SSSR count). The van der Waals surface area contributed by atoms with Crippen molar-refractivity contribution in [1.29, 1.82) is 0 Å². The first kappa shape index (κ1) is 15.7. The van der Waals surface area contributed by atoms with E-state index in [0.29, 0.717) is 0 Å². The Kier molecular flexibility index (Phi) is 4.51. The summed E-state index contributed by atoms with van der Waals surface area (Å²) in [6.45, 7) is 1.92. The Morgan fingerprint density at radius 2 is 1.96 bits per heavy atom. The number of rotatable bonds is 5. The molecule has 0 unspecified atom stereocenters. The number of aromatic nitrogens is 3. The molecule has 1 N–H and O–H groups in total. The van der Waals surface area contributed by atoms with E-state index in [-0.39, 0.29) is 24.8 Å². The molecule has 0 aliphatic rings.